The number of hydrogen-bond donors (Lipinski definition) is 2. The van der Waals surface area contributed by atoms with Crippen molar-refractivity contribution in [1.82, 2.24) is 15.5 Å². The smallest absolute Gasteiger partial charge is 0.317 e. The van der Waals surface area contributed by atoms with Gasteiger partial charge in [-0.1, -0.05) is 23.9 Å². The molecule has 0 radical (unpaired) electrons. The van der Waals surface area contributed by atoms with Crippen molar-refractivity contribution in [2.45, 2.75) is 0 Å². The van der Waals surface area contributed by atoms with Gasteiger partial charge in [-0.15, -0.1) is 0 Å². The van der Waals surface area contributed by atoms with Crippen LogP contribution in [0.3, 0.4) is 0 Å². The van der Waals surface area contributed by atoms with Gasteiger partial charge in [0.1, 0.15) is 0 Å². The lowest BCUT2D eigenvalue weighted by molar-refractivity contribution is -0.124. The molecule has 2 N–H and O–H groups in total. The third-order valence-electron chi connectivity index (χ3n) is 2.99. The number of imide groups is 1. The van der Waals surface area contributed by atoms with E-state index in [1.807, 2.05) is 6.07 Å². The number of rotatable bonds is 7. The first-order valence-corrected chi connectivity index (χ1v) is 7.85. The highest BCUT2D eigenvalue weighted by atomic mass is 32.2. The molecule has 1 aliphatic rings. The minimum Gasteiger partial charge on any atom is -0.493 e. The van der Waals surface area contributed by atoms with Crippen LogP contribution >= 0.6 is 11.8 Å². The summed E-state index contributed by atoms with van der Waals surface area (Å²) in [4.78, 5) is 35.5. The fraction of sp³-hybridized carbons (Fsp3) is 0.357. The number of nitrogens with zero attached hydrogens (tertiary/aromatic N) is 1. The van der Waals surface area contributed by atoms with E-state index in [4.69, 9.17) is 9.47 Å². The van der Waals surface area contributed by atoms with Crippen LogP contribution in [0.25, 0.3) is 0 Å². The molecular formula is C14H17N3O5S. The summed E-state index contributed by atoms with van der Waals surface area (Å²) in [6.45, 7) is 0.299. The van der Waals surface area contributed by atoms with Gasteiger partial charge in [-0.05, 0) is 12.1 Å². The molecule has 0 atom stereocenters. The first kappa shape index (κ1) is 16.9. The van der Waals surface area contributed by atoms with Crippen molar-refractivity contribution >= 4 is 28.9 Å². The monoisotopic (exact) mass is 339 g/mol. The standard InChI is InChI=1S/C14H17N3O5S/c1-21-10-4-2-3-5-11(10)22-9-16-13(19)15-6-7-17-12(18)8-23-14(17)20/h2-5H,6-9H2,1H3,(H2,15,16,19). The van der Waals surface area contributed by atoms with Crippen LogP contribution in [-0.2, 0) is 4.79 Å². The predicted molar refractivity (Wildman–Crippen MR) is 84.6 cm³/mol. The molecule has 0 spiro atoms. The second kappa shape index (κ2) is 8.28. The number of thioether (sulfide) groups is 1. The number of amides is 4. The van der Waals surface area contributed by atoms with Crippen LogP contribution in [0, 0.1) is 0 Å². The Bertz CT molecular complexity index is 580. The van der Waals surface area contributed by atoms with Crippen LogP contribution in [0.15, 0.2) is 24.3 Å². The van der Waals surface area contributed by atoms with Crippen molar-refractivity contribution < 1.29 is 23.9 Å². The molecule has 0 bridgehead atoms. The van der Waals surface area contributed by atoms with Crippen LogP contribution in [-0.4, -0.2) is 54.8 Å². The van der Waals surface area contributed by atoms with Crippen molar-refractivity contribution in [3.8, 4) is 11.5 Å². The number of hydrogen-bond acceptors (Lipinski definition) is 6. The van der Waals surface area contributed by atoms with E-state index in [-0.39, 0.29) is 36.7 Å². The molecular weight excluding hydrogens is 322 g/mol. The maximum atomic E-state index is 11.6. The maximum Gasteiger partial charge on any atom is 0.317 e. The topological polar surface area (TPSA) is 97.0 Å². The predicted octanol–water partition coefficient (Wildman–Crippen LogP) is 1.03. The summed E-state index contributed by atoms with van der Waals surface area (Å²) in [5.74, 6) is 1.01. The lowest BCUT2D eigenvalue weighted by atomic mass is 10.3. The molecule has 9 heteroatoms. The van der Waals surface area contributed by atoms with E-state index < -0.39 is 6.03 Å². The van der Waals surface area contributed by atoms with Crippen molar-refractivity contribution in [3.05, 3.63) is 24.3 Å². The lowest BCUT2D eigenvalue weighted by Crippen LogP contribution is -2.42. The van der Waals surface area contributed by atoms with Crippen LogP contribution in [0.1, 0.15) is 0 Å². The van der Waals surface area contributed by atoms with E-state index in [0.717, 1.165) is 16.7 Å². The number of methoxy groups -OCH3 is 1. The summed E-state index contributed by atoms with van der Waals surface area (Å²) in [6.07, 6.45) is 0. The SMILES string of the molecule is COc1ccccc1OCNC(=O)NCCN1C(=O)CSC1=O. The number of carbonyl (C=O) groups is 3. The highest BCUT2D eigenvalue weighted by Crippen LogP contribution is 2.25. The molecule has 1 fully saturated rings. The van der Waals surface area contributed by atoms with E-state index >= 15 is 0 Å². The summed E-state index contributed by atoms with van der Waals surface area (Å²) >= 11 is 0.965. The van der Waals surface area contributed by atoms with E-state index in [1.165, 1.54) is 7.11 Å². The molecule has 0 saturated carbocycles. The van der Waals surface area contributed by atoms with Crippen LogP contribution in [0.4, 0.5) is 9.59 Å². The molecule has 2 rings (SSSR count). The fourth-order valence-corrected chi connectivity index (χ4v) is 2.61. The quantitative estimate of drug-likeness (QED) is 0.720. The summed E-state index contributed by atoms with van der Waals surface area (Å²) in [6, 6.07) is 6.62. The Kier molecular flexibility index (Phi) is 6.10. The number of urea groups is 1. The highest BCUT2D eigenvalue weighted by Gasteiger charge is 2.29. The van der Waals surface area contributed by atoms with Crippen molar-refractivity contribution in [2.24, 2.45) is 0 Å². The Morgan fingerprint density at radius 3 is 2.65 bits per heavy atom. The van der Waals surface area contributed by atoms with Crippen LogP contribution in [0.2, 0.25) is 0 Å². The van der Waals surface area contributed by atoms with Crippen molar-refractivity contribution in [3.63, 3.8) is 0 Å². The Balaban J connectivity index is 1.65. The number of ether oxygens (including phenoxy) is 2. The van der Waals surface area contributed by atoms with Gasteiger partial charge in [-0.3, -0.25) is 14.5 Å². The average molecular weight is 339 g/mol. The van der Waals surface area contributed by atoms with Gasteiger partial charge >= 0.3 is 6.03 Å². The van der Waals surface area contributed by atoms with Gasteiger partial charge < -0.3 is 20.1 Å². The second-order valence-electron chi connectivity index (χ2n) is 4.47. The number of nitrogens with one attached hydrogen (secondary N) is 2. The van der Waals surface area contributed by atoms with Gasteiger partial charge in [0.05, 0.1) is 12.9 Å². The summed E-state index contributed by atoms with van der Waals surface area (Å²) in [5.41, 5.74) is 0. The molecule has 1 saturated heterocycles. The Morgan fingerprint density at radius 2 is 2.00 bits per heavy atom. The van der Waals surface area contributed by atoms with Gasteiger partial charge in [0.2, 0.25) is 5.91 Å². The average Bonchev–Trinajstić information content (AvgIpc) is 2.87. The number of benzene rings is 1. The summed E-state index contributed by atoms with van der Waals surface area (Å²) in [5, 5.41) is 4.78. The van der Waals surface area contributed by atoms with Gasteiger partial charge in [-0.2, -0.15) is 0 Å². The molecule has 1 aliphatic heterocycles. The first-order chi connectivity index (χ1) is 11.1. The fourth-order valence-electron chi connectivity index (χ4n) is 1.86. The molecule has 4 amide bonds. The molecule has 1 aromatic carbocycles. The molecule has 8 nitrogen and oxygen atoms in total. The zero-order valence-electron chi connectivity index (χ0n) is 12.5. The summed E-state index contributed by atoms with van der Waals surface area (Å²) < 4.78 is 10.5. The molecule has 0 unspecified atom stereocenters. The molecule has 1 heterocycles. The Morgan fingerprint density at radius 1 is 1.26 bits per heavy atom. The van der Waals surface area contributed by atoms with Gasteiger partial charge in [0.15, 0.2) is 18.2 Å². The highest BCUT2D eigenvalue weighted by molar-refractivity contribution is 8.14. The Hall–Kier alpha value is -2.42. The zero-order valence-corrected chi connectivity index (χ0v) is 13.4. The van der Waals surface area contributed by atoms with Crippen molar-refractivity contribution in [2.75, 3.05) is 32.7 Å². The summed E-state index contributed by atoms with van der Waals surface area (Å²) in [7, 11) is 1.53. The van der Waals surface area contributed by atoms with Gasteiger partial charge in [-0.25, -0.2) is 4.79 Å². The molecule has 23 heavy (non-hydrogen) atoms. The normalized spacial score (nSPS) is 13.9. The van der Waals surface area contributed by atoms with Gasteiger partial charge in [0, 0.05) is 13.1 Å². The number of carbonyl (C=O) groups excluding carboxylic acids is 3. The third kappa shape index (κ3) is 4.78. The zero-order chi connectivity index (χ0) is 16.7. The molecule has 0 aromatic heterocycles. The van der Waals surface area contributed by atoms with E-state index in [1.54, 1.807) is 18.2 Å². The first-order valence-electron chi connectivity index (χ1n) is 6.86. The lowest BCUT2D eigenvalue weighted by Gasteiger charge is -2.14. The number of para-hydroxylation sites is 2. The molecule has 0 aliphatic carbocycles. The Labute approximate surface area is 137 Å². The van der Waals surface area contributed by atoms with E-state index in [2.05, 4.69) is 10.6 Å². The minimum atomic E-state index is -0.452. The van der Waals surface area contributed by atoms with E-state index in [0.29, 0.717) is 11.5 Å². The van der Waals surface area contributed by atoms with E-state index in [9.17, 15) is 14.4 Å². The van der Waals surface area contributed by atoms with Crippen LogP contribution < -0.4 is 20.1 Å². The van der Waals surface area contributed by atoms with Crippen molar-refractivity contribution in [1.29, 1.82) is 0 Å². The minimum absolute atomic E-state index is 0.0381. The molecule has 124 valence electrons. The maximum absolute atomic E-state index is 11.6. The third-order valence-corrected chi connectivity index (χ3v) is 3.85. The second-order valence-corrected chi connectivity index (χ2v) is 5.40. The largest absolute Gasteiger partial charge is 0.493 e. The van der Waals surface area contributed by atoms with Gasteiger partial charge in [0.25, 0.3) is 5.24 Å². The molecule has 1 aromatic rings. The van der Waals surface area contributed by atoms with Crippen LogP contribution in [0.5, 0.6) is 11.5 Å².